The molecule has 62 heavy (non-hydrogen) atoms. The van der Waals surface area contributed by atoms with Gasteiger partial charge in [0.2, 0.25) is 0 Å². The van der Waals surface area contributed by atoms with Crippen molar-refractivity contribution in [2.75, 3.05) is 20.0 Å². The van der Waals surface area contributed by atoms with Crippen molar-refractivity contribution in [2.45, 2.75) is 0 Å². The second-order valence-electron chi connectivity index (χ2n) is 15.6. The van der Waals surface area contributed by atoms with E-state index in [1.807, 2.05) is 127 Å². The minimum absolute atomic E-state index is 0.534. The minimum Gasteiger partial charge on any atom is -0.319 e. The van der Waals surface area contributed by atoms with Crippen molar-refractivity contribution in [1.29, 1.82) is 0 Å². The van der Waals surface area contributed by atoms with Gasteiger partial charge in [-0.15, -0.1) is 0 Å². The number of rotatable bonds is 11. The van der Waals surface area contributed by atoms with Crippen LogP contribution in [0.5, 0.6) is 0 Å². The Bertz CT molecular complexity index is 3120. The van der Waals surface area contributed by atoms with Gasteiger partial charge in [0.1, 0.15) is 7.14 Å². The Morgan fingerprint density at radius 3 is 1.08 bits per heavy atom. The van der Waals surface area contributed by atoms with Crippen LogP contribution in [0.1, 0.15) is 0 Å². The van der Waals surface area contributed by atoms with Crippen molar-refractivity contribution >= 4 is 49.4 Å². The smallest absolute Gasteiger partial charge is 0.171 e. The molecule has 1 aromatic heterocycles. The van der Waals surface area contributed by atoms with Crippen LogP contribution in [0.2, 0.25) is 0 Å². The molecule has 0 aliphatic rings. The van der Waals surface area contributed by atoms with Crippen molar-refractivity contribution < 1.29 is 9.13 Å². The van der Waals surface area contributed by atoms with E-state index in [-0.39, 0.29) is 0 Å². The summed E-state index contributed by atoms with van der Waals surface area (Å²) < 4.78 is 28.3. The van der Waals surface area contributed by atoms with Crippen LogP contribution in [0.25, 0.3) is 67.5 Å². The monoisotopic (exact) mass is 859 g/mol. The van der Waals surface area contributed by atoms with Gasteiger partial charge in [-0.2, -0.15) is 0 Å². The first-order valence-corrected chi connectivity index (χ1v) is 26.3. The molecule has 0 N–H and O–H groups in total. The quantitative estimate of drug-likeness (QED) is 0.121. The summed E-state index contributed by atoms with van der Waals surface area (Å²) in [6.45, 7) is 5.79. The van der Waals surface area contributed by atoms with E-state index in [9.17, 15) is 4.57 Å². The van der Waals surface area contributed by atoms with Crippen LogP contribution in [-0.4, -0.2) is 34.9 Å². The number of hydrogen-bond donors (Lipinski definition) is 0. The summed E-state index contributed by atoms with van der Waals surface area (Å²) in [6, 6.07) is 69.0. The van der Waals surface area contributed by atoms with Crippen LogP contribution in [0.3, 0.4) is 0 Å². The maximum absolute atomic E-state index is 15.3. The summed E-state index contributed by atoms with van der Waals surface area (Å²) in [5.74, 6) is 1.63. The third-order valence-electron chi connectivity index (χ3n) is 11.1. The van der Waals surface area contributed by atoms with Crippen LogP contribution in [0.15, 0.2) is 206 Å². The van der Waals surface area contributed by atoms with Gasteiger partial charge in [-0.05, 0) is 95.1 Å². The number of hydrogen-bond acceptors (Lipinski definition) is 5. The first-order valence-electron chi connectivity index (χ1n) is 20.5. The molecule has 0 bridgehead atoms. The molecule has 0 spiro atoms. The first-order chi connectivity index (χ1) is 30.2. The van der Waals surface area contributed by atoms with E-state index in [0.29, 0.717) is 26.1 Å². The molecule has 0 amide bonds. The molecular formula is C54H44N3O2P3. The summed E-state index contributed by atoms with van der Waals surface area (Å²) in [5.41, 5.74) is 8.61. The fraction of sp³-hybridized carbons (Fsp3) is 0.0556. The van der Waals surface area contributed by atoms with Gasteiger partial charge >= 0.3 is 0 Å². The summed E-state index contributed by atoms with van der Waals surface area (Å²) in [7, 11) is -4.95. The van der Waals surface area contributed by atoms with Crippen molar-refractivity contribution in [3.63, 3.8) is 0 Å². The molecule has 0 radical (unpaired) electrons. The fourth-order valence-corrected chi connectivity index (χ4v) is 11.9. The predicted octanol–water partition coefficient (Wildman–Crippen LogP) is 11.7. The fourth-order valence-electron chi connectivity index (χ4n) is 7.76. The summed E-state index contributed by atoms with van der Waals surface area (Å²) in [6.07, 6.45) is 0. The average Bonchev–Trinajstić information content (AvgIpc) is 3.34. The van der Waals surface area contributed by atoms with Gasteiger partial charge in [-0.25, -0.2) is 15.0 Å². The Hall–Kier alpha value is -6.34. The molecule has 1 atom stereocenters. The second-order valence-corrected chi connectivity index (χ2v) is 22.7. The van der Waals surface area contributed by atoms with Gasteiger partial charge in [-0.1, -0.05) is 178 Å². The summed E-state index contributed by atoms with van der Waals surface area (Å²) in [4.78, 5) is 15.5. The van der Waals surface area contributed by atoms with E-state index in [4.69, 9.17) is 15.0 Å². The van der Waals surface area contributed by atoms with Crippen LogP contribution in [-0.2, 0) is 9.13 Å². The van der Waals surface area contributed by atoms with Gasteiger partial charge in [0.05, 0.1) is 0 Å². The highest BCUT2D eigenvalue weighted by Crippen LogP contribution is 2.43. The summed E-state index contributed by atoms with van der Waals surface area (Å²) >= 11 is 0. The molecule has 8 aromatic carbocycles. The lowest BCUT2D eigenvalue weighted by Crippen LogP contribution is -2.25. The average molecular weight is 860 g/mol. The molecule has 1 unspecified atom stereocenters. The molecule has 0 fully saturated rings. The predicted molar refractivity (Wildman–Crippen MR) is 265 cm³/mol. The highest BCUT2D eigenvalue weighted by molar-refractivity contribution is 7.85. The number of benzene rings is 8. The van der Waals surface area contributed by atoms with Gasteiger partial charge in [0.15, 0.2) is 24.6 Å². The zero-order chi connectivity index (χ0) is 42.7. The zero-order valence-corrected chi connectivity index (χ0v) is 37.5. The zero-order valence-electron chi connectivity index (χ0n) is 34.7. The second kappa shape index (κ2) is 17.6. The highest BCUT2D eigenvalue weighted by Gasteiger charge is 2.30. The van der Waals surface area contributed by atoms with E-state index in [2.05, 4.69) is 85.5 Å². The van der Waals surface area contributed by atoms with E-state index >= 15 is 4.57 Å². The number of nitrogens with zero attached hydrogens (tertiary/aromatic N) is 3. The molecule has 0 aliphatic carbocycles. The third-order valence-corrected chi connectivity index (χ3v) is 16.5. The van der Waals surface area contributed by atoms with E-state index in [1.54, 1.807) is 13.3 Å². The lowest BCUT2D eigenvalue weighted by atomic mass is 10.0. The van der Waals surface area contributed by atoms with Crippen molar-refractivity contribution in [2.24, 2.45) is 0 Å². The van der Waals surface area contributed by atoms with Crippen LogP contribution < -0.4 is 26.5 Å². The molecule has 1 heterocycles. The van der Waals surface area contributed by atoms with E-state index in [1.165, 1.54) is 5.30 Å². The van der Waals surface area contributed by atoms with Crippen molar-refractivity contribution in [3.8, 4) is 67.5 Å². The Labute approximate surface area is 365 Å². The molecule has 8 heteroatoms. The minimum atomic E-state index is -3.19. The molecule has 5 nitrogen and oxygen atoms in total. The maximum Gasteiger partial charge on any atom is 0.171 e. The molecule has 302 valence electrons. The Kier molecular flexibility index (Phi) is 11.6. The molecule has 9 rings (SSSR count). The van der Waals surface area contributed by atoms with Crippen LogP contribution >= 0.6 is 22.9 Å². The molecule has 0 aliphatic heterocycles. The Balaban J connectivity index is 1.16. The SMILES string of the molecule is CPc1cccc(-c2cccc(-c3nc(-c4cccc(-c5cccc(P(C)(C)=O)c5)c4)nc(-c4cccc(-c5cccc(P(=O)(c6ccccc6)c6ccccc6)c5)c4)n3)c2)c1. The van der Waals surface area contributed by atoms with Gasteiger partial charge in [0, 0.05) is 37.9 Å². The topological polar surface area (TPSA) is 72.8 Å². The van der Waals surface area contributed by atoms with Gasteiger partial charge in [-0.3, -0.25) is 0 Å². The highest BCUT2D eigenvalue weighted by atomic mass is 31.2. The molecule has 0 saturated heterocycles. The van der Waals surface area contributed by atoms with Crippen LogP contribution in [0, 0.1) is 0 Å². The summed E-state index contributed by atoms with van der Waals surface area (Å²) in [5, 5.41) is 4.48. The van der Waals surface area contributed by atoms with Crippen molar-refractivity contribution in [1.82, 2.24) is 15.0 Å². The largest absolute Gasteiger partial charge is 0.319 e. The molecular weight excluding hydrogens is 816 g/mol. The lowest BCUT2D eigenvalue weighted by Gasteiger charge is -2.20. The Morgan fingerprint density at radius 2 is 0.661 bits per heavy atom. The van der Waals surface area contributed by atoms with Gasteiger partial charge in [0.25, 0.3) is 0 Å². The maximum atomic E-state index is 15.3. The number of aromatic nitrogens is 3. The van der Waals surface area contributed by atoms with Crippen LogP contribution in [0.4, 0.5) is 0 Å². The van der Waals surface area contributed by atoms with E-state index in [0.717, 1.165) is 71.3 Å². The first kappa shape index (κ1) is 41.0. The third kappa shape index (κ3) is 8.58. The van der Waals surface area contributed by atoms with Crippen molar-refractivity contribution in [3.05, 3.63) is 206 Å². The normalized spacial score (nSPS) is 11.9. The molecule has 9 aromatic rings. The van der Waals surface area contributed by atoms with Gasteiger partial charge < -0.3 is 9.13 Å². The Morgan fingerprint density at radius 1 is 0.339 bits per heavy atom. The standard InChI is InChI=1S/C54H44N3O2P3/c1-60-47-25-13-19-41(35-47)38-16-10-22-44(32-38)52-55-53(45-23-11-17-39(33-45)42-20-14-30-50(36-42)61(2,3)58)57-54(56-52)46-24-12-18-40(34-46)43-21-15-31-51(37-43)62(59,48-26-6-4-7-27-48)49-28-8-5-9-29-49/h4-37,60H,1-3H3. The molecule has 0 saturated carbocycles. The van der Waals surface area contributed by atoms with E-state index < -0.39 is 14.3 Å². The lowest BCUT2D eigenvalue weighted by molar-refractivity contribution is 0.588.